The first-order valence-electron chi connectivity index (χ1n) is 7.48. The van der Waals surface area contributed by atoms with Crippen molar-refractivity contribution in [3.63, 3.8) is 0 Å². The van der Waals surface area contributed by atoms with E-state index >= 15 is 0 Å². The fourth-order valence-electron chi connectivity index (χ4n) is 4.62. The molecule has 0 spiro atoms. The van der Waals surface area contributed by atoms with Crippen LogP contribution >= 0.6 is 0 Å². The number of esters is 2. The number of carbonyl (C=O) groups excluding carboxylic acids is 2. The molecule has 4 heteroatoms. The Morgan fingerprint density at radius 1 is 0.950 bits per heavy atom. The van der Waals surface area contributed by atoms with Gasteiger partial charge in [-0.15, -0.1) is 0 Å². The summed E-state index contributed by atoms with van der Waals surface area (Å²) in [5.41, 5.74) is -0.258. The van der Waals surface area contributed by atoms with E-state index in [9.17, 15) is 9.59 Å². The summed E-state index contributed by atoms with van der Waals surface area (Å²) in [5, 5.41) is 0. The zero-order valence-corrected chi connectivity index (χ0v) is 13.2. The second-order valence-electron chi connectivity index (χ2n) is 7.04. The van der Waals surface area contributed by atoms with Crippen LogP contribution in [0.2, 0.25) is 0 Å². The molecule has 114 valence electrons. The van der Waals surface area contributed by atoms with E-state index in [-0.39, 0.29) is 34.6 Å². The summed E-state index contributed by atoms with van der Waals surface area (Å²) < 4.78 is 10.1. The Bertz CT molecular complexity index is 405. The normalized spacial score (nSPS) is 39.7. The van der Waals surface area contributed by atoms with Crippen molar-refractivity contribution < 1.29 is 19.1 Å². The topological polar surface area (TPSA) is 52.6 Å². The Morgan fingerprint density at radius 2 is 1.40 bits per heavy atom. The van der Waals surface area contributed by atoms with Crippen LogP contribution in [-0.2, 0) is 19.1 Å². The molecule has 0 amide bonds. The summed E-state index contributed by atoms with van der Waals surface area (Å²) >= 11 is 0. The maximum atomic E-state index is 12.4. The number of hydrogen-bond donors (Lipinski definition) is 0. The molecular formula is C16H26O4. The lowest BCUT2D eigenvalue weighted by atomic mass is 9.42. The Kier molecular flexibility index (Phi) is 3.87. The Labute approximate surface area is 121 Å². The van der Waals surface area contributed by atoms with Crippen molar-refractivity contribution in [2.75, 3.05) is 14.2 Å². The molecule has 0 saturated heterocycles. The lowest BCUT2D eigenvalue weighted by Gasteiger charge is -2.60. The molecule has 0 aromatic rings. The Hall–Kier alpha value is -1.06. The molecule has 2 bridgehead atoms. The van der Waals surface area contributed by atoms with Crippen LogP contribution in [0.1, 0.15) is 46.5 Å². The van der Waals surface area contributed by atoms with Crippen LogP contribution in [0.5, 0.6) is 0 Å². The molecular weight excluding hydrogens is 256 g/mol. The molecule has 0 radical (unpaired) electrons. The first kappa shape index (κ1) is 15.3. The smallest absolute Gasteiger partial charge is 0.310 e. The molecule has 3 saturated carbocycles. The number of methoxy groups -OCH3 is 2. The Balaban J connectivity index is 2.51. The highest BCUT2D eigenvalue weighted by Gasteiger charge is 2.64. The predicted octanol–water partition coefficient (Wildman–Crippen LogP) is 2.80. The van der Waals surface area contributed by atoms with E-state index in [4.69, 9.17) is 9.47 Å². The molecule has 0 N–H and O–H groups in total. The number of fused-ring (bicyclic) bond motifs is 3. The molecule has 2 atom stereocenters. The van der Waals surface area contributed by atoms with Gasteiger partial charge in [0.2, 0.25) is 0 Å². The van der Waals surface area contributed by atoms with Gasteiger partial charge < -0.3 is 9.47 Å². The number of rotatable bonds is 3. The number of carbonyl (C=O) groups is 2. The van der Waals surface area contributed by atoms with Gasteiger partial charge >= 0.3 is 11.9 Å². The number of ether oxygens (including phenoxy) is 2. The maximum absolute atomic E-state index is 12.4. The van der Waals surface area contributed by atoms with Crippen molar-refractivity contribution in [1.82, 2.24) is 0 Å². The van der Waals surface area contributed by atoms with Gasteiger partial charge in [-0.2, -0.15) is 0 Å². The first-order valence-corrected chi connectivity index (χ1v) is 7.48. The average Bonchev–Trinajstić information content (AvgIpc) is 2.44. The van der Waals surface area contributed by atoms with Crippen molar-refractivity contribution in [2.24, 2.45) is 28.6 Å². The highest BCUT2D eigenvalue weighted by atomic mass is 16.5. The van der Waals surface area contributed by atoms with Gasteiger partial charge in [-0.1, -0.05) is 20.8 Å². The molecule has 3 rings (SSSR count). The zero-order chi connectivity index (χ0) is 15.1. The summed E-state index contributed by atoms with van der Waals surface area (Å²) in [5.74, 6) is -0.895. The standard InChI is InChI=1S/C16H26O4/c1-10(2)16-8-6-15(3,7-9-16)11(13(17)19-4)12(16)14(18)20-5/h10-12H,6-9H2,1-5H3. The van der Waals surface area contributed by atoms with Crippen LogP contribution in [0.25, 0.3) is 0 Å². The molecule has 3 aliphatic carbocycles. The van der Waals surface area contributed by atoms with E-state index in [2.05, 4.69) is 20.8 Å². The molecule has 0 aromatic heterocycles. The van der Waals surface area contributed by atoms with E-state index in [0.717, 1.165) is 25.7 Å². The van der Waals surface area contributed by atoms with Gasteiger partial charge in [0.15, 0.2) is 0 Å². The fourth-order valence-corrected chi connectivity index (χ4v) is 4.62. The second-order valence-corrected chi connectivity index (χ2v) is 7.04. The van der Waals surface area contributed by atoms with E-state index in [0.29, 0.717) is 5.92 Å². The largest absolute Gasteiger partial charge is 0.469 e. The van der Waals surface area contributed by atoms with Gasteiger partial charge in [-0.05, 0) is 42.4 Å². The van der Waals surface area contributed by atoms with Gasteiger partial charge in [0.1, 0.15) is 0 Å². The molecule has 4 nitrogen and oxygen atoms in total. The van der Waals surface area contributed by atoms with Gasteiger partial charge in [-0.3, -0.25) is 9.59 Å². The summed E-state index contributed by atoms with van der Waals surface area (Å²) in [7, 11) is 2.82. The minimum absolute atomic E-state index is 0.121. The minimum Gasteiger partial charge on any atom is -0.469 e. The molecule has 3 aliphatic rings. The summed E-state index contributed by atoms with van der Waals surface area (Å²) in [6.45, 7) is 6.42. The van der Waals surface area contributed by atoms with Crippen molar-refractivity contribution in [3.8, 4) is 0 Å². The van der Waals surface area contributed by atoms with Crippen LogP contribution < -0.4 is 0 Å². The second kappa shape index (κ2) is 5.05. The van der Waals surface area contributed by atoms with Crippen molar-refractivity contribution in [3.05, 3.63) is 0 Å². The van der Waals surface area contributed by atoms with Gasteiger partial charge in [0, 0.05) is 0 Å². The van der Waals surface area contributed by atoms with E-state index in [1.165, 1.54) is 14.2 Å². The first-order chi connectivity index (χ1) is 9.32. The monoisotopic (exact) mass is 282 g/mol. The lowest BCUT2D eigenvalue weighted by molar-refractivity contribution is -0.196. The predicted molar refractivity (Wildman–Crippen MR) is 74.9 cm³/mol. The summed E-state index contributed by atoms with van der Waals surface area (Å²) in [4.78, 5) is 24.7. The van der Waals surface area contributed by atoms with Crippen LogP contribution in [0.15, 0.2) is 0 Å². The van der Waals surface area contributed by atoms with Crippen molar-refractivity contribution in [2.45, 2.75) is 46.5 Å². The average molecular weight is 282 g/mol. The van der Waals surface area contributed by atoms with Crippen molar-refractivity contribution >= 4 is 11.9 Å². The summed E-state index contributed by atoms with van der Waals surface area (Å²) in [6.07, 6.45) is 3.96. The fraction of sp³-hybridized carbons (Fsp3) is 0.875. The van der Waals surface area contributed by atoms with Crippen molar-refractivity contribution in [1.29, 1.82) is 0 Å². The van der Waals surface area contributed by atoms with E-state index in [1.807, 2.05) is 0 Å². The summed E-state index contributed by atoms with van der Waals surface area (Å²) in [6, 6.07) is 0. The van der Waals surface area contributed by atoms with Crippen LogP contribution in [0.4, 0.5) is 0 Å². The lowest BCUT2D eigenvalue weighted by Crippen LogP contribution is -2.60. The molecule has 3 fully saturated rings. The highest BCUT2D eigenvalue weighted by molar-refractivity contribution is 5.84. The van der Waals surface area contributed by atoms with Crippen LogP contribution in [0.3, 0.4) is 0 Å². The quantitative estimate of drug-likeness (QED) is 0.747. The maximum Gasteiger partial charge on any atom is 0.310 e. The molecule has 0 aromatic carbocycles. The molecule has 0 aliphatic heterocycles. The van der Waals surface area contributed by atoms with E-state index in [1.54, 1.807) is 0 Å². The molecule has 20 heavy (non-hydrogen) atoms. The highest BCUT2D eigenvalue weighted by Crippen LogP contribution is 2.65. The third-order valence-electron chi connectivity index (χ3n) is 6.09. The third-order valence-corrected chi connectivity index (χ3v) is 6.09. The van der Waals surface area contributed by atoms with Gasteiger partial charge in [-0.25, -0.2) is 0 Å². The van der Waals surface area contributed by atoms with Gasteiger partial charge in [0.05, 0.1) is 26.1 Å². The van der Waals surface area contributed by atoms with Crippen LogP contribution in [0, 0.1) is 28.6 Å². The van der Waals surface area contributed by atoms with Gasteiger partial charge in [0.25, 0.3) is 0 Å². The van der Waals surface area contributed by atoms with E-state index < -0.39 is 0 Å². The molecule has 2 unspecified atom stereocenters. The third kappa shape index (κ3) is 1.95. The Morgan fingerprint density at radius 3 is 1.80 bits per heavy atom. The number of hydrogen-bond acceptors (Lipinski definition) is 4. The van der Waals surface area contributed by atoms with Crippen LogP contribution in [-0.4, -0.2) is 26.2 Å². The minimum atomic E-state index is -0.371. The SMILES string of the molecule is COC(=O)C1C(C(=O)OC)C2(C(C)C)CCC1(C)CC2. The molecule has 0 heterocycles. The zero-order valence-electron chi connectivity index (χ0n) is 13.2.